The standard InChI is InChI=1S/C14H21N3O/c1-11-3-4-13-10-17(7-5-12(13)9-11)8-6-16-14(18)15-2/h3-4,9H,5-8,10H2,1-2H3,(H2,15,16,18). The molecule has 2 N–H and O–H groups in total. The van der Waals surface area contributed by atoms with E-state index in [0.717, 1.165) is 26.1 Å². The Kier molecular flexibility index (Phi) is 4.20. The molecule has 4 heteroatoms. The maximum atomic E-state index is 11.0. The number of benzene rings is 1. The van der Waals surface area contributed by atoms with Crippen LogP contribution < -0.4 is 10.6 Å². The van der Waals surface area contributed by atoms with Gasteiger partial charge in [-0.05, 0) is 24.5 Å². The first-order valence-electron chi connectivity index (χ1n) is 6.45. The van der Waals surface area contributed by atoms with Crippen molar-refractivity contribution < 1.29 is 4.79 Å². The van der Waals surface area contributed by atoms with Gasteiger partial charge in [-0.2, -0.15) is 0 Å². The number of nitrogens with one attached hydrogen (secondary N) is 2. The van der Waals surface area contributed by atoms with Crippen LogP contribution >= 0.6 is 0 Å². The lowest BCUT2D eigenvalue weighted by molar-refractivity contribution is 0.232. The Bertz CT molecular complexity index is 431. The molecule has 1 aliphatic rings. The molecule has 2 amide bonds. The molecule has 0 fully saturated rings. The molecule has 0 radical (unpaired) electrons. The van der Waals surface area contributed by atoms with Crippen LogP contribution in [0.2, 0.25) is 0 Å². The molecule has 0 unspecified atom stereocenters. The third-order valence-electron chi connectivity index (χ3n) is 3.39. The predicted molar refractivity (Wildman–Crippen MR) is 72.6 cm³/mol. The quantitative estimate of drug-likeness (QED) is 0.845. The molecule has 0 aliphatic carbocycles. The highest BCUT2D eigenvalue weighted by molar-refractivity contribution is 5.73. The first-order chi connectivity index (χ1) is 8.69. The van der Waals surface area contributed by atoms with E-state index in [1.807, 2.05) is 0 Å². The van der Waals surface area contributed by atoms with Crippen LogP contribution in [0, 0.1) is 6.92 Å². The lowest BCUT2D eigenvalue weighted by atomic mass is 9.98. The summed E-state index contributed by atoms with van der Waals surface area (Å²) in [6, 6.07) is 6.58. The molecule has 4 nitrogen and oxygen atoms in total. The van der Waals surface area contributed by atoms with Gasteiger partial charge in [0, 0.05) is 33.2 Å². The smallest absolute Gasteiger partial charge is 0.314 e. The largest absolute Gasteiger partial charge is 0.341 e. The van der Waals surface area contributed by atoms with E-state index in [2.05, 4.69) is 40.7 Å². The normalized spacial score (nSPS) is 15.0. The van der Waals surface area contributed by atoms with Gasteiger partial charge in [0.15, 0.2) is 0 Å². The van der Waals surface area contributed by atoms with E-state index in [1.54, 1.807) is 7.05 Å². The number of rotatable bonds is 3. The third kappa shape index (κ3) is 3.23. The molecule has 1 heterocycles. The number of hydrogen-bond donors (Lipinski definition) is 2. The fourth-order valence-corrected chi connectivity index (χ4v) is 2.35. The molecule has 0 saturated heterocycles. The monoisotopic (exact) mass is 247 g/mol. The number of urea groups is 1. The number of nitrogens with zero attached hydrogens (tertiary/aromatic N) is 1. The summed E-state index contributed by atoms with van der Waals surface area (Å²) in [5, 5.41) is 5.38. The highest BCUT2D eigenvalue weighted by Gasteiger charge is 2.15. The van der Waals surface area contributed by atoms with Gasteiger partial charge in [0.05, 0.1) is 0 Å². The van der Waals surface area contributed by atoms with Crippen LogP contribution in [0.4, 0.5) is 4.79 Å². The van der Waals surface area contributed by atoms with Crippen molar-refractivity contribution in [3.63, 3.8) is 0 Å². The fourth-order valence-electron chi connectivity index (χ4n) is 2.35. The van der Waals surface area contributed by atoms with Crippen molar-refractivity contribution in [2.75, 3.05) is 26.7 Å². The Morgan fingerprint density at radius 3 is 3.00 bits per heavy atom. The molecule has 0 spiro atoms. The highest BCUT2D eigenvalue weighted by Crippen LogP contribution is 2.19. The fraction of sp³-hybridized carbons (Fsp3) is 0.500. The van der Waals surface area contributed by atoms with Crippen molar-refractivity contribution in [1.29, 1.82) is 0 Å². The molecule has 0 atom stereocenters. The highest BCUT2D eigenvalue weighted by atomic mass is 16.2. The number of amides is 2. The molecule has 2 rings (SSSR count). The number of carbonyl (C=O) groups excluding carboxylic acids is 1. The summed E-state index contributed by atoms with van der Waals surface area (Å²) in [6.45, 7) is 5.80. The summed E-state index contributed by atoms with van der Waals surface area (Å²) in [7, 11) is 1.63. The van der Waals surface area contributed by atoms with Crippen LogP contribution in [0.25, 0.3) is 0 Å². The van der Waals surface area contributed by atoms with Crippen LogP contribution in [0.15, 0.2) is 18.2 Å². The van der Waals surface area contributed by atoms with Gasteiger partial charge in [0.2, 0.25) is 0 Å². The van der Waals surface area contributed by atoms with Gasteiger partial charge in [0.25, 0.3) is 0 Å². The summed E-state index contributed by atoms with van der Waals surface area (Å²) in [5.74, 6) is 0. The minimum atomic E-state index is -0.108. The average Bonchev–Trinajstić information content (AvgIpc) is 2.38. The lowest BCUT2D eigenvalue weighted by Gasteiger charge is -2.29. The molecule has 1 aromatic rings. The van der Waals surface area contributed by atoms with Gasteiger partial charge in [-0.1, -0.05) is 23.8 Å². The molecule has 1 aromatic carbocycles. The van der Waals surface area contributed by atoms with Gasteiger partial charge in [-0.3, -0.25) is 4.90 Å². The van der Waals surface area contributed by atoms with Crippen molar-refractivity contribution >= 4 is 6.03 Å². The van der Waals surface area contributed by atoms with Crippen molar-refractivity contribution in [3.05, 3.63) is 34.9 Å². The number of aryl methyl sites for hydroxylation is 1. The molecule has 0 bridgehead atoms. The van der Waals surface area contributed by atoms with E-state index in [0.29, 0.717) is 6.54 Å². The molecule has 1 aliphatic heterocycles. The van der Waals surface area contributed by atoms with Gasteiger partial charge >= 0.3 is 6.03 Å². The van der Waals surface area contributed by atoms with Gasteiger partial charge < -0.3 is 10.6 Å². The number of carbonyl (C=O) groups is 1. The first kappa shape index (κ1) is 12.9. The zero-order chi connectivity index (χ0) is 13.0. The Morgan fingerprint density at radius 2 is 2.22 bits per heavy atom. The summed E-state index contributed by atoms with van der Waals surface area (Å²) >= 11 is 0. The Labute approximate surface area is 108 Å². The van der Waals surface area contributed by atoms with E-state index in [1.165, 1.54) is 16.7 Å². The Morgan fingerprint density at radius 1 is 1.39 bits per heavy atom. The average molecular weight is 247 g/mol. The zero-order valence-electron chi connectivity index (χ0n) is 11.1. The number of hydrogen-bond acceptors (Lipinski definition) is 2. The molecular weight excluding hydrogens is 226 g/mol. The molecule has 0 aromatic heterocycles. The van der Waals surface area contributed by atoms with Gasteiger partial charge in [-0.15, -0.1) is 0 Å². The third-order valence-corrected chi connectivity index (χ3v) is 3.39. The van der Waals surface area contributed by atoms with E-state index < -0.39 is 0 Å². The molecule has 0 saturated carbocycles. The number of fused-ring (bicyclic) bond motifs is 1. The topological polar surface area (TPSA) is 44.4 Å². The van der Waals surface area contributed by atoms with E-state index in [-0.39, 0.29) is 6.03 Å². The second kappa shape index (κ2) is 5.87. The minimum Gasteiger partial charge on any atom is -0.341 e. The van der Waals surface area contributed by atoms with Gasteiger partial charge in [-0.25, -0.2) is 4.79 Å². The van der Waals surface area contributed by atoms with Crippen molar-refractivity contribution in [2.45, 2.75) is 19.9 Å². The summed E-state index contributed by atoms with van der Waals surface area (Å²) < 4.78 is 0. The van der Waals surface area contributed by atoms with Crippen LogP contribution in [0.3, 0.4) is 0 Å². The van der Waals surface area contributed by atoms with Crippen molar-refractivity contribution in [1.82, 2.24) is 15.5 Å². The van der Waals surface area contributed by atoms with Crippen LogP contribution in [0.5, 0.6) is 0 Å². The van der Waals surface area contributed by atoms with Gasteiger partial charge in [0.1, 0.15) is 0 Å². The van der Waals surface area contributed by atoms with Crippen LogP contribution in [0.1, 0.15) is 16.7 Å². The second-order valence-corrected chi connectivity index (χ2v) is 4.80. The first-order valence-corrected chi connectivity index (χ1v) is 6.45. The molecule has 98 valence electrons. The Hall–Kier alpha value is -1.55. The maximum Gasteiger partial charge on any atom is 0.314 e. The van der Waals surface area contributed by atoms with E-state index in [4.69, 9.17) is 0 Å². The van der Waals surface area contributed by atoms with E-state index in [9.17, 15) is 4.79 Å². The van der Waals surface area contributed by atoms with Crippen LogP contribution in [-0.4, -0.2) is 37.6 Å². The second-order valence-electron chi connectivity index (χ2n) is 4.80. The lowest BCUT2D eigenvalue weighted by Crippen LogP contribution is -2.40. The van der Waals surface area contributed by atoms with Crippen molar-refractivity contribution in [3.8, 4) is 0 Å². The minimum absolute atomic E-state index is 0.108. The summed E-state index contributed by atoms with van der Waals surface area (Å²) in [6.07, 6.45) is 1.11. The van der Waals surface area contributed by atoms with Crippen LogP contribution in [-0.2, 0) is 13.0 Å². The van der Waals surface area contributed by atoms with E-state index >= 15 is 0 Å². The molecule has 18 heavy (non-hydrogen) atoms. The Balaban J connectivity index is 1.84. The SMILES string of the molecule is CNC(=O)NCCN1CCc2cc(C)ccc2C1. The summed E-state index contributed by atoms with van der Waals surface area (Å²) in [5.41, 5.74) is 4.24. The maximum absolute atomic E-state index is 11.0. The zero-order valence-corrected chi connectivity index (χ0v) is 11.1. The predicted octanol–water partition coefficient (Wildman–Crippen LogP) is 1.28. The molecular formula is C14H21N3O. The summed E-state index contributed by atoms with van der Waals surface area (Å²) in [4.78, 5) is 13.4. The van der Waals surface area contributed by atoms with Crippen molar-refractivity contribution in [2.24, 2.45) is 0 Å².